The third-order valence-electron chi connectivity index (χ3n) is 10.4. The van der Waals surface area contributed by atoms with Gasteiger partial charge in [-0.3, -0.25) is 9.59 Å². The monoisotopic (exact) mass is 400 g/mol. The van der Waals surface area contributed by atoms with E-state index < -0.39 is 5.60 Å². The van der Waals surface area contributed by atoms with E-state index in [0.717, 1.165) is 32.1 Å². The summed E-state index contributed by atoms with van der Waals surface area (Å²) in [7, 11) is 1.41. The zero-order valence-electron chi connectivity index (χ0n) is 17.8. The Bertz CT molecular complexity index is 861. The van der Waals surface area contributed by atoms with Gasteiger partial charge in [-0.1, -0.05) is 25.0 Å². The summed E-state index contributed by atoms with van der Waals surface area (Å²) in [5.41, 5.74) is 1.78. The molecule has 5 nitrogen and oxygen atoms in total. The number of fused-ring (bicyclic) bond motifs is 5. The zero-order valence-corrected chi connectivity index (χ0v) is 17.8. The average molecular weight is 401 g/mol. The number of aliphatic hydroxyl groups is 1. The number of carbonyl (C=O) groups excluding carboxylic acids is 2. The number of Topliss-reactive ketones (excluding diaryl/α,β-unsaturated/α-hetero) is 1. The molecule has 0 aromatic carbocycles. The van der Waals surface area contributed by atoms with Crippen LogP contribution in [0.2, 0.25) is 0 Å². The fraction of sp³-hybridized carbons (Fsp3) is 0.833. The SMILES string of the molecule is COC(=O)CC[C@]1(O)CC[C@H]2[C@@H]3C4CC4=C4CC(=O)CC[C@]4(C)[C@]34OC4C[C@@]21C. The van der Waals surface area contributed by atoms with Crippen molar-refractivity contribution in [1.29, 1.82) is 0 Å². The fourth-order valence-corrected chi connectivity index (χ4v) is 8.68. The summed E-state index contributed by atoms with van der Waals surface area (Å²) in [6.45, 7) is 4.62. The first kappa shape index (κ1) is 18.6. The average Bonchev–Trinajstić information content (AvgIpc) is 3.58. The number of rotatable bonds is 3. The van der Waals surface area contributed by atoms with Crippen LogP contribution in [0.4, 0.5) is 0 Å². The van der Waals surface area contributed by atoms with Crippen LogP contribution in [0.1, 0.15) is 71.6 Å². The molecule has 0 aromatic heterocycles. The first-order valence-corrected chi connectivity index (χ1v) is 11.4. The Balaban J connectivity index is 1.38. The van der Waals surface area contributed by atoms with Crippen molar-refractivity contribution in [2.45, 2.75) is 88.9 Å². The molecule has 1 aliphatic heterocycles. The van der Waals surface area contributed by atoms with Gasteiger partial charge in [0, 0.05) is 36.0 Å². The van der Waals surface area contributed by atoms with E-state index in [-0.39, 0.29) is 34.9 Å². The molecule has 0 radical (unpaired) electrons. The largest absolute Gasteiger partial charge is 0.469 e. The van der Waals surface area contributed by atoms with E-state index in [2.05, 4.69) is 13.8 Å². The number of carbonyl (C=O) groups is 2. The minimum Gasteiger partial charge on any atom is -0.469 e. The second-order valence-corrected chi connectivity index (χ2v) is 11.2. The molecule has 0 bridgehead atoms. The third kappa shape index (κ3) is 2.00. The van der Waals surface area contributed by atoms with Gasteiger partial charge in [-0.2, -0.15) is 0 Å². The lowest BCUT2D eigenvalue weighted by molar-refractivity contribution is -0.146. The topological polar surface area (TPSA) is 76.1 Å². The summed E-state index contributed by atoms with van der Waals surface area (Å²) >= 11 is 0. The Labute approximate surface area is 172 Å². The number of methoxy groups -OCH3 is 1. The first-order chi connectivity index (χ1) is 13.7. The van der Waals surface area contributed by atoms with Crippen molar-refractivity contribution < 1.29 is 24.2 Å². The van der Waals surface area contributed by atoms with E-state index in [0.29, 0.717) is 42.8 Å². The molecule has 2 unspecified atom stereocenters. The predicted molar refractivity (Wildman–Crippen MR) is 105 cm³/mol. The molecule has 29 heavy (non-hydrogen) atoms. The Kier molecular flexibility index (Phi) is 3.42. The third-order valence-corrected chi connectivity index (χ3v) is 10.4. The van der Waals surface area contributed by atoms with Gasteiger partial charge in [0.25, 0.3) is 0 Å². The van der Waals surface area contributed by atoms with Crippen LogP contribution in [0.5, 0.6) is 0 Å². The second kappa shape index (κ2) is 5.34. The highest BCUT2D eigenvalue weighted by Gasteiger charge is 2.83. The molecule has 1 heterocycles. The van der Waals surface area contributed by atoms with Gasteiger partial charge in [-0.05, 0) is 50.4 Å². The number of esters is 1. The predicted octanol–water partition coefficient (Wildman–Crippen LogP) is 3.33. The van der Waals surface area contributed by atoms with Crippen molar-refractivity contribution in [3.63, 3.8) is 0 Å². The summed E-state index contributed by atoms with van der Waals surface area (Å²) in [4.78, 5) is 24.0. The van der Waals surface area contributed by atoms with Crippen LogP contribution in [0.3, 0.4) is 0 Å². The van der Waals surface area contributed by atoms with Crippen LogP contribution in [0.25, 0.3) is 0 Å². The van der Waals surface area contributed by atoms with Gasteiger partial charge >= 0.3 is 5.97 Å². The number of ketones is 1. The molecule has 1 spiro atoms. The molecule has 0 aromatic rings. The molecular weight excluding hydrogens is 368 g/mol. The number of epoxide rings is 1. The normalized spacial score (nSPS) is 54.0. The van der Waals surface area contributed by atoms with Crippen molar-refractivity contribution in [1.82, 2.24) is 0 Å². The number of allylic oxidation sites excluding steroid dienone is 1. The first-order valence-electron chi connectivity index (χ1n) is 11.4. The van der Waals surface area contributed by atoms with Crippen LogP contribution < -0.4 is 0 Å². The Morgan fingerprint density at radius 1 is 1.31 bits per heavy atom. The summed E-state index contributed by atoms with van der Waals surface area (Å²) in [5.74, 6) is 1.56. The van der Waals surface area contributed by atoms with Crippen molar-refractivity contribution in [2.24, 2.45) is 28.6 Å². The smallest absolute Gasteiger partial charge is 0.305 e. The highest BCUT2D eigenvalue weighted by atomic mass is 16.6. The molecule has 6 aliphatic rings. The van der Waals surface area contributed by atoms with Gasteiger partial charge < -0.3 is 14.6 Å². The molecular formula is C24H32O5. The highest BCUT2D eigenvalue weighted by Crippen LogP contribution is 2.81. The molecule has 5 fully saturated rings. The lowest BCUT2D eigenvalue weighted by Crippen LogP contribution is -2.60. The summed E-state index contributed by atoms with van der Waals surface area (Å²) < 4.78 is 11.5. The lowest BCUT2D eigenvalue weighted by Gasteiger charge is -2.56. The minimum absolute atomic E-state index is 0.00731. The summed E-state index contributed by atoms with van der Waals surface area (Å²) in [5, 5.41) is 11.7. The number of hydrogen-bond donors (Lipinski definition) is 1. The molecule has 5 aliphatic carbocycles. The van der Waals surface area contributed by atoms with E-state index in [1.165, 1.54) is 12.7 Å². The van der Waals surface area contributed by atoms with E-state index in [4.69, 9.17) is 9.47 Å². The zero-order chi connectivity index (χ0) is 20.4. The molecule has 5 heteroatoms. The molecule has 4 saturated carbocycles. The van der Waals surface area contributed by atoms with E-state index in [1.807, 2.05) is 0 Å². The van der Waals surface area contributed by atoms with Gasteiger partial charge in [0.2, 0.25) is 0 Å². The van der Waals surface area contributed by atoms with E-state index >= 15 is 0 Å². The van der Waals surface area contributed by atoms with Gasteiger partial charge in [0.1, 0.15) is 11.4 Å². The van der Waals surface area contributed by atoms with E-state index in [9.17, 15) is 14.7 Å². The molecule has 8 atom stereocenters. The fourth-order valence-electron chi connectivity index (χ4n) is 8.68. The Morgan fingerprint density at radius 3 is 2.86 bits per heavy atom. The van der Waals surface area contributed by atoms with Crippen LogP contribution in [-0.4, -0.2) is 41.3 Å². The maximum Gasteiger partial charge on any atom is 0.305 e. The molecule has 1 N–H and O–H groups in total. The van der Waals surface area contributed by atoms with Crippen LogP contribution in [-0.2, 0) is 19.1 Å². The summed E-state index contributed by atoms with van der Waals surface area (Å²) in [6.07, 6.45) is 6.90. The molecule has 1 saturated heterocycles. The number of hydrogen-bond acceptors (Lipinski definition) is 5. The van der Waals surface area contributed by atoms with E-state index in [1.54, 1.807) is 5.57 Å². The van der Waals surface area contributed by atoms with Crippen molar-refractivity contribution in [2.75, 3.05) is 7.11 Å². The van der Waals surface area contributed by atoms with Crippen LogP contribution in [0.15, 0.2) is 11.1 Å². The van der Waals surface area contributed by atoms with Gasteiger partial charge in [0.05, 0.1) is 18.8 Å². The summed E-state index contributed by atoms with van der Waals surface area (Å²) in [6, 6.07) is 0. The Morgan fingerprint density at radius 2 is 2.10 bits per heavy atom. The molecule has 0 amide bonds. The van der Waals surface area contributed by atoms with Crippen LogP contribution >= 0.6 is 0 Å². The lowest BCUT2D eigenvalue weighted by atomic mass is 9.46. The second-order valence-electron chi connectivity index (χ2n) is 11.2. The van der Waals surface area contributed by atoms with Crippen molar-refractivity contribution in [3.05, 3.63) is 11.1 Å². The minimum atomic E-state index is -0.827. The molecule has 6 rings (SSSR count). The number of ether oxygens (including phenoxy) is 2. The van der Waals surface area contributed by atoms with Crippen molar-refractivity contribution >= 4 is 11.8 Å². The van der Waals surface area contributed by atoms with Crippen molar-refractivity contribution in [3.8, 4) is 0 Å². The van der Waals surface area contributed by atoms with Gasteiger partial charge in [-0.15, -0.1) is 0 Å². The quantitative estimate of drug-likeness (QED) is 0.447. The highest BCUT2D eigenvalue weighted by molar-refractivity contribution is 5.84. The maximum absolute atomic E-state index is 12.2. The standard InChI is InChI=1S/C24H32O5/c1-21-7-4-13(25)10-17(21)14-11-15(14)20-16-5-8-23(27,9-6-19(26)28-3)22(16,2)12-18-24(20,21)29-18/h15-16,18,20,27H,4-12H2,1-3H3/t15?,16-,18?,20-,21-,22-,23+,24+/m0/s1. The van der Waals surface area contributed by atoms with Gasteiger partial charge in [0.15, 0.2) is 0 Å². The molecule has 158 valence electrons. The van der Waals surface area contributed by atoms with Crippen LogP contribution in [0, 0.1) is 28.6 Å². The maximum atomic E-state index is 12.2. The van der Waals surface area contributed by atoms with Gasteiger partial charge in [-0.25, -0.2) is 0 Å². The Hall–Kier alpha value is -1.20.